The number of aryl methyl sites for hydroxylation is 1. The van der Waals surface area contributed by atoms with Crippen LogP contribution in [-0.4, -0.2) is 50.1 Å². The van der Waals surface area contributed by atoms with Gasteiger partial charge in [0.25, 0.3) is 5.91 Å². The van der Waals surface area contributed by atoms with Crippen LogP contribution in [0.25, 0.3) is 10.2 Å². The number of methoxy groups -OCH3 is 1. The number of fused-ring (bicyclic) bond motifs is 1. The number of aromatic nitrogens is 1. The van der Waals surface area contributed by atoms with Crippen LogP contribution < -0.4 is 9.64 Å². The smallest absolute Gasteiger partial charge is 0.270 e. The number of rotatable bonds is 6. The van der Waals surface area contributed by atoms with E-state index in [1.807, 2.05) is 43.7 Å². The Morgan fingerprint density at radius 1 is 1.24 bits per heavy atom. The third-order valence-corrected chi connectivity index (χ3v) is 5.96. The first kappa shape index (κ1) is 17.8. The number of nitrogens with zero attached hydrogens (tertiary/aromatic N) is 3. The van der Waals surface area contributed by atoms with Crippen molar-refractivity contribution in [3.05, 3.63) is 40.1 Å². The van der Waals surface area contributed by atoms with Crippen molar-refractivity contribution in [1.82, 2.24) is 9.88 Å². The fourth-order valence-corrected chi connectivity index (χ4v) is 4.24. The molecule has 2 heterocycles. The predicted molar refractivity (Wildman–Crippen MR) is 105 cm³/mol. The maximum atomic E-state index is 13.0. The molecule has 0 aliphatic carbocycles. The topological polar surface area (TPSA) is 45.7 Å². The van der Waals surface area contributed by atoms with E-state index in [1.165, 1.54) is 22.7 Å². The molecule has 1 aromatic carbocycles. The summed E-state index contributed by atoms with van der Waals surface area (Å²) in [5.74, 6) is 0.728. The average Bonchev–Trinajstić information content (AvgIpc) is 3.25. The van der Waals surface area contributed by atoms with Crippen molar-refractivity contribution in [2.75, 3.05) is 39.2 Å². The van der Waals surface area contributed by atoms with Crippen molar-refractivity contribution < 1.29 is 9.53 Å². The molecule has 0 unspecified atom stereocenters. The maximum Gasteiger partial charge on any atom is 0.270 e. The van der Waals surface area contributed by atoms with E-state index in [1.54, 1.807) is 12.0 Å². The molecule has 132 valence electrons. The van der Waals surface area contributed by atoms with Crippen LogP contribution in [-0.2, 0) is 0 Å². The number of anilines is 1. The Balaban J connectivity index is 2.04. The molecule has 2 aromatic heterocycles. The monoisotopic (exact) mass is 375 g/mol. The summed E-state index contributed by atoms with van der Waals surface area (Å²) in [6, 6.07) is 7.70. The fraction of sp³-hybridized carbons (Fsp3) is 0.333. The van der Waals surface area contributed by atoms with Gasteiger partial charge in [0.05, 0.1) is 16.7 Å². The Kier molecular flexibility index (Phi) is 5.36. The molecule has 1 amide bonds. The lowest BCUT2D eigenvalue weighted by Crippen LogP contribution is -2.36. The number of carbonyl (C=O) groups is 1. The van der Waals surface area contributed by atoms with Crippen molar-refractivity contribution in [1.29, 1.82) is 0 Å². The summed E-state index contributed by atoms with van der Waals surface area (Å²) in [4.78, 5) is 22.3. The molecule has 7 heteroatoms. The standard InChI is InChI=1S/C18H21N3O2S2/c1-12-7-8-13(23-4)15-16(12)25-18(19-15)21(10-9-20(2)3)17(22)14-6-5-11-24-14/h5-8,11H,9-10H2,1-4H3. The summed E-state index contributed by atoms with van der Waals surface area (Å²) >= 11 is 2.99. The first-order chi connectivity index (χ1) is 12.0. The second-order valence-electron chi connectivity index (χ2n) is 6.00. The van der Waals surface area contributed by atoms with Crippen LogP contribution in [0.15, 0.2) is 29.6 Å². The SMILES string of the molecule is COc1ccc(C)c2sc(N(CCN(C)C)C(=O)c3cccs3)nc12. The summed E-state index contributed by atoms with van der Waals surface area (Å²) in [6.07, 6.45) is 0. The minimum atomic E-state index is -0.00692. The van der Waals surface area contributed by atoms with Crippen molar-refractivity contribution in [2.45, 2.75) is 6.92 Å². The molecule has 5 nitrogen and oxygen atoms in total. The van der Waals surface area contributed by atoms with Crippen molar-refractivity contribution in [2.24, 2.45) is 0 Å². The molecule has 0 radical (unpaired) electrons. The molecule has 3 aromatic rings. The Morgan fingerprint density at radius 3 is 2.68 bits per heavy atom. The quantitative estimate of drug-likeness (QED) is 0.656. The van der Waals surface area contributed by atoms with E-state index in [0.717, 1.165) is 33.0 Å². The van der Waals surface area contributed by atoms with Gasteiger partial charge < -0.3 is 9.64 Å². The zero-order valence-corrected chi connectivity index (χ0v) is 16.4. The van der Waals surface area contributed by atoms with E-state index in [-0.39, 0.29) is 5.91 Å². The number of thiophene rings is 1. The normalized spacial score (nSPS) is 11.2. The number of hydrogen-bond donors (Lipinski definition) is 0. The Hall–Kier alpha value is -1.96. The highest BCUT2D eigenvalue weighted by Gasteiger charge is 2.23. The zero-order valence-electron chi connectivity index (χ0n) is 14.8. The van der Waals surface area contributed by atoms with Crippen molar-refractivity contribution >= 4 is 43.9 Å². The van der Waals surface area contributed by atoms with Crippen molar-refractivity contribution in [3.63, 3.8) is 0 Å². The van der Waals surface area contributed by atoms with Crippen LogP contribution in [0.2, 0.25) is 0 Å². The lowest BCUT2D eigenvalue weighted by atomic mass is 10.2. The summed E-state index contributed by atoms with van der Waals surface area (Å²) < 4.78 is 6.50. The highest BCUT2D eigenvalue weighted by atomic mass is 32.1. The second kappa shape index (κ2) is 7.51. The van der Waals surface area contributed by atoms with Crippen LogP contribution in [0, 0.1) is 6.92 Å². The number of hydrogen-bond acceptors (Lipinski definition) is 6. The van der Waals surface area contributed by atoms with Crippen LogP contribution in [0.4, 0.5) is 5.13 Å². The molecule has 0 bridgehead atoms. The van der Waals surface area contributed by atoms with Gasteiger partial charge in [0, 0.05) is 13.1 Å². The van der Waals surface area contributed by atoms with Gasteiger partial charge in [0.15, 0.2) is 5.13 Å². The largest absolute Gasteiger partial charge is 0.494 e. The van der Waals surface area contributed by atoms with E-state index in [0.29, 0.717) is 11.7 Å². The molecule has 0 atom stereocenters. The van der Waals surface area contributed by atoms with E-state index in [2.05, 4.69) is 11.8 Å². The molecule has 25 heavy (non-hydrogen) atoms. The first-order valence-electron chi connectivity index (χ1n) is 7.95. The second-order valence-corrected chi connectivity index (χ2v) is 7.92. The van der Waals surface area contributed by atoms with E-state index >= 15 is 0 Å². The van der Waals surface area contributed by atoms with E-state index in [4.69, 9.17) is 9.72 Å². The number of ether oxygens (including phenoxy) is 1. The number of thiazole rings is 1. The minimum Gasteiger partial charge on any atom is -0.494 e. The van der Waals surface area contributed by atoms with Crippen LogP contribution in [0.3, 0.4) is 0 Å². The van der Waals surface area contributed by atoms with Gasteiger partial charge in [-0.3, -0.25) is 9.69 Å². The molecular weight excluding hydrogens is 354 g/mol. The van der Waals surface area contributed by atoms with Gasteiger partial charge in [-0.25, -0.2) is 4.98 Å². The molecule has 0 aliphatic heterocycles. The van der Waals surface area contributed by atoms with E-state index < -0.39 is 0 Å². The average molecular weight is 376 g/mol. The van der Waals surface area contributed by atoms with Crippen LogP contribution >= 0.6 is 22.7 Å². The zero-order chi connectivity index (χ0) is 18.0. The highest BCUT2D eigenvalue weighted by Crippen LogP contribution is 2.36. The third-order valence-electron chi connectivity index (χ3n) is 3.89. The third kappa shape index (κ3) is 3.68. The lowest BCUT2D eigenvalue weighted by Gasteiger charge is -2.21. The van der Waals surface area contributed by atoms with Gasteiger partial charge >= 0.3 is 0 Å². The fourth-order valence-electron chi connectivity index (χ4n) is 2.50. The summed E-state index contributed by atoms with van der Waals surface area (Å²) in [5.41, 5.74) is 1.95. The molecule has 0 N–H and O–H groups in total. The molecule has 0 spiro atoms. The predicted octanol–water partition coefficient (Wildman–Crippen LogP) is 3.88. The van der Waals surface area contributed by atoms with Gasteiger partial charge in [-0.05, 0) is 44.1 Å². The lowest BCUT2D eigenvalue weighted by molar-refractivity contribution is 0.0989. The van der Waals surface area contributed by atoms with E-state index in [9.17, 15) is 4.79 Å². The van der Waals surface area contributed by atoms with Gasteiger partial charge in [-0.15, -0.1) is 11.3 Å². The van der Waals surface area contributed by atoms with Gasteiger partial charge in [0.1, 0.15) is 11.3 Å². The Labute approximate surface area is 155 Å². The molecule has 0 fully saturated rings. The van der Waals surface area contributed by atoms with Gasteiger partial charge in [-0.1, -0.05) is 23.5 Å². The minimum absolute atomic E-state index is 0.00692. The summed E-state index contributed by atoms with van der Waals surface area (Å²) in [6.45, 7) is 3.41. The molecular formula is C18H21N3O2S2. The molecule has 0 aliphatic rings. The Bertz CT molecular complexity index is 872. The Morgan fingerprint density at radius 2 is 2.04 bits per heavy atom. The molecule has 0 saturated carbocycles. The number of amides is 1. The maximum absolute atomic E-state index is 13.0. The molecule has 3 rings (SSSR count). The van der Waals surface area contributed by atoms with Crippen molar-refractivity contribution in [3.8, 4) is 5.75 Å². The van der Waals surface area contributed by atoms with Gasteiger partial charge in [-0.2, -0.15) is 0 Å². The number of benzene rings is 1. The summed E-state index contributed by atoms with van der Waals surface area (Å²) in [5, 5.41) is 2.63. The number of carbonyl (C=O) groups excluding carboxylic acids is 1. The highest BCUT2D eigenvalue weighted by molar-refractivity contribution is 7.22. The first-order valence-corrected chi connectivity index (χ1v) is 9.65. The summed E-state index contributed by atoms with van der Waals surface area (Å²) in [7, 11) is 5.64. The van der Waals surface area contributed by atoms with Gasteiger partial charge in [0.2, 0.25) is 0 Å². The number of likely N-dealkylation sites (N-methyl/N-ethyl adjacent to an activating group) is 1. The molecule has 0 saturated heterocycles. The van der Waals surface area contributed by atoms with Crippen LogP contribution in [0.5, 0.6) is 5.75 Å². The van der Waals surface area contributed by atoms with Crippen LogP contribution in [0.1, 0.15) is 15.2 Å².